The van der Waals surface area contributed by atoms with Gasteiger partial charge in [0, 0.05) is 17.5 Å². The van der Waals surface area contributed by atoms with Crippen molar-refractivity contribution in [2.24, 2.45) is 7.05 Å². The molecule has 0 saturated heterocycles. The lowest BCUT2D eigenvalue weighted by molar-refractivity contribution is 0.0686. The fourth-order valence-electron chi connectivity index (χ4n) is 3.64. The molecule has 4 aromatic rings. The molecule has 6 heteroatoms. The first-order valence-electron chi connectivity index (χ1n) is 9.71. The number of nitriles is 1. The Bertz CT molecular complexity index is 1390. The number of benzene rings is 3. The summed E-state index contributed by atoms with van der Waals surface area (Å²) >= 11 is 1.37. The van der Waals surface area contributed by atoms with Gasteiger partial charge in [-0.1, -0.05) is 72.4 Å². The van der Waals surface area contributed by atoms with Gasteiger partial charge in [0.25, 0.3) is 0 Å². The lowest BCUT2D eigenvalue weighted by atomic mass is 9.97. The molecule has 0 atom stereocenters. The van der Waals surface area contributed by atoms with Crippen molar-refractivity contribution in [1.29, 1.82) is 5.26 Å². The van der Waals surface area contributed by atoms with E-state index in [9.17, 15) is 15.2 Å². The maximum Gasteiger partial charge on any atom is 0.351 e. The maximum atomic E-state index is 12.2. The third kappa shape index (κ3) is 3.76. The Balaban J connectivity index is 1.85. The molecule has 4 rings (SSSR count). The van der Waals surface area contributed by atoms with Crippen molar-refractivity contribution in [3.05, 3.63) is 102 Å². The van der Waals surface area contributed by atoms with Gasteiger partial charge in [0.05, 0.1) is 23.2 Å². The normalized spacial score (nSPS) is 10.3. The zero-order chi connectivity index (χ0) is 22.7. The first kappa shape index (κ1) is 21.0. The molecule has 0 fully saturated rings. The molecule has 154 valence electrons. The van der Waals surface area contributed by atoms with Crippen LogP contribution in [-0.2, 0) is 7.05 Å². The number of rotatable bonds is 5. The van der Waals surface area contributed by atoms with E-state index in [1.165, 1.54) is 11.8 Å². The van der Waals surface area contributed by atoms with Crippen LogP contribution in [0.15, 0.2) is 88.8 Å². The van der Waals surface area contributed by atoms with Crippen molar-refractivity contribution in [2.45, 2.75) is 9.92 Å². The van der Waals surface area contributed by atoms with E-state index in [0.29, 0.717) is 27.4 Å². The predicted octanol–water partition coefficient (Wildman–Crippen LogP) is 6.63. The van der Waals surface area contributed by atoms with E-state index in [1.54, 1.807) is 29.8 Å². The topological polar surface area (TPSA) is 70.4 Å². The van der Waals surface area contributed by atoms with Crippen LogP contribution in [0.3, 0.4) is 0 Å². The van der Waals surface area contributed by atoms with Crippen LogP contribution in [0.1, 0.15) is 16.1 Å². The minimum Gasteiger partial charge on any atom is -0.477 e. The summed E-state index contributed by atoms with van der Waals surface area (Å²) in [6, 6.07) is 26.4. The van der Waals surface area contributed by atoms with Crippen LogP contribution < -0.4 is 0 Å². The molecular formula is C26H17N3O2S. The average molecular weight is 436 g/mol. The Morgan fingerprint density at radius 3 is 2.25 bits per heavy atom. The van der Waals surface area contributed by atoms with E-state index >= 15 is 0 Å². The highest BCUT2D eigenvalue weighted by atomic mass is 32.2. The van der Waals surface area contributed by atoms with Crippen molar-refractivity contribution in [2.75, 3.05) is 0 Å². The van der Waals surface area contributed by atoms with Gasteiger partial charge in [0.1, 0.15) is 5.69 Å². The molecule has 0 aliphatic carbocycles. The molecule has 0 aliphatic rings. The summed E-state index contributed by atoms with van der Waals surface area (Å²) < 4.78 is 1.57. The second-order valence-electron chi connectivity index (χ2n) is 7.00. The highest BCUT2D eigenvalue weighted by Gasteiger charge is 2.27. The first-order valence-corrected chi connectivity index (χ1v) is 10.5. The molecule has 0 aliphatic heterocycles. The van der Waals surface area contributed by atoms with Crippen molar-refractivity contribution in [3.63, 3.8) is 0 Å². The van der Waals surface area contributed by atoms with Crippen LogP contribution in [0.25, 0.3) is 27.1 Å². The molecule has 0 saturated carbocycles. The number of aromatic nitrogens is 1. The van der Waals surface area contributed by atoms with Gasteiger partial charge in [-0.25, -0.2) is 9.64 Å². The summed E-state index contributed by atoms with van der Waals surface area (Å²) in [7, 11) is 1.67. The van der Waals surface area contributed by atoms with Crippen LogP contribution in [0.4, 0.5) is 5.69 Å². The summed E-state index contributed by atoms with van der Waals surface area (Å²) in [5.74, 6) is -1.09. The zero-order valence-corrected chi connectivity index (χ0v) is 17.9. The quantitative estimate of drug-likeness (QED) is 0.357. The molecule has 1 N–H and O–H groups in total. The Kier molecular flexibility index (Phi) is 5.81. The van der Waals surface area contributed by atoms with E-state index in [-0.39, 0.29) is 5.69 Å². The molecule has 0 amide bonds. The molecule has 0 unspecified atom stereocenters. The van der Waals surface area contributed by atoms with Crippen molar-refractivity contribution in [3.8, 4) is 28.3 Å². The SMILES string of the molecule is [C-]#[N+]c1c(-c2ccc(-c3ccccc3C#N)cc2)c(C(=O)O)n(C)c1Sc1ccccc1. The number of carboxylic acids is 1. The van der Waals surface area contributed by atoms with E-state index in [0.717, 1.165) is 16.0 Å². The fourth-order valence-corrected chi connectivity index (χ4v) is 4.63. The predicted molar refractivity (Wildman–Crippen MR) is 125 cm³/mol. The number of hydrogen-bond donors (Lipinski definition) is 1. The Hall–Kier alpha value is -4.26. The number of carbonyl (C=O) groups is 1. The molecular weight excluding hydrogens is 418 g/mol. The molecule has 0 bridgehead atoms. The van der Waals surface area contributed by atoms with Crippen molar-refractivity contribution < 1.29 is 9.90 Å². The van der Waals surface area contributed by atoms with Crippen LogP contribution in [0, 0.1) is 17.9 Å². The molecule has 5 nitrogen and oxygen atoms in total. The van der Waals surface area contributed by atoms with Gasteiger partial charge in [-0.05, 0) is 34.9 Å². The number of nitrogens with zero attached hydrogens (tertiary/aromatic N) is 3. The van der Waals surface area contributed by atoms with Gasteiger partial charge < -0.3 is 9.67 Å². The highest BCUT2D eigenvalue weighted by molar-refractivity contribution is 7.99. The Labute approximate surface area is 190 Å². The van der Waals surface area contributed by atoms with Crippen molar-refractivity contribution >= 4 is 23.4 Å². The number of carboxylic acid groups (broad SMARTS) is 1. The number of aromatic carboxylic acids is 1. The standard InChI is InChI=1S/C26H17N3O2S/c1-28-23-22(18-14-12-17(13-15-18)21-11-7-6-8-19(21)16-27)24(26(30)31)29(2)25(23)32-20-9-4-3-5-10-20/h3-15H,2H3,(H,30,31). The third-order valence-electron chi connectivity index (χ3n) is 5.12. The molecule has 0 radical (unpaired) electrons. The monoisotopic (exact) mass is 435 g/mol. The molecule has 0 spiro atoms. The van der Waals surface area contributed by atoms with Gasteiger partial charge in [-0.2, -0.15) is 5.26 Å². The second-order valence-corrected chi connectivity index (χ2v) is 8.07. The van der Waals surface area contributed by atoms with E-state index < -0.39 is 5.97 Å². The largest absolute Gasteiger partial charge is 0.477 e. The summed E-state index contributed by atoms with van der Waals surface area (Å²) in [5.41, 5.74) is 3.63. The van der Waals surface area contributed by atoms with Gasteiger partial charge in [-0.15, -0.1) is 0 Å². The molecule has 32 heavy (non-hydrogen) atoms. The van der Waals surface area contributed by atoms with Crippen LogP contribution in [0.5, 0.6) is 0 Å². The van der Waals surface area contributed by atoms with Crippen molar-refractivity contribution in [1.82, 2.24) is 4.57 Å². The lowest BCUT2D eigenvalue weighted by Gasteiger charge is -2.08. The van der Waals surface area contributed by atoms with Crippen LogP contribution in [0.2, 0.25) is 0 Å². The minimum atomic E-state index is -1.09. The number of hydrogen-bond acceptors (Lipinski definition) is 3. The Morgan fingerprint density at radius 2 is 1.62 bits per heavy atom. The molecule has 3 aromatic carbocycles. The summed E-state index contributed by atoms with van der Waals surface area (Å²) in [4.78, 5) is 16.8. The third-order valence-corrected chi connectivity index (χ3v) is 6.29. The molecule has 1 heterocycles. The Morgan fingerprint density at radius 1 is 1.00 bits per heavy atom. The smallest absolute Gasteiger partial charge is 0.351 e. The first-order chi connectivity index (χ1) is 15.5. The van der Waals surface area contributed by atoms with E-state index in [4.69, 9.17) is 6.57 Å². The lowest BCUT2D eigenvalue weighted by Crippen LogP contribution is -2.06. The van der Waals surface area contributed by atoms with Gasteiger partial charge in [0.15, 0.2) is 0 Å². The van der Waals surface area contributed by atoms with Gasteiger partial charge >= 0.3 is 5.97 Å². The fraction of sp³-hybridized carbons (Fsp3) is 0.0385. The van der Waals surface area contributed by atoms with E-state index in [1.807, 2.05) is 60.7 Å². The average Bonchev–Trinajstić information content (AvgIpc) is 3.11. The second kappa shape index (κ2) is 8.85. The van der Waals surface area contributed by atoms with Gasteiger partial charge in [0.2, 0.25) is 5.69 Å². The molecule has 1 aromatic heterocycles. The minimum absolute atomic E-state index is 0.0691. The van der Waals surface area contributed by atoms with Gasteiger partial charge in [-0.3, -0.25) is 0 Å². The summed E-state index contributed by atoms with van der Waals surface area (Å²) in [6.45, 7) is 7.79. The zero-order valence-electron chi connectivity index (χ0n) is 17.1. The van der Waals surface area contributed by atoms with Crippen LogP contribution >= 0.6 is 11.8 Å². The summed E-state index contributed by atoms with van der Waals surface area (Å²) in [5, 5.41) is 19.9. The van der Waals surface area contributed by atoms with Crippen LogP contribution in [-0.4, -0.2) is 15.6 Å². The maximum absolute atomic E-state index is 12.2. The summed E-state index contributed by atoms with van der Waals surface area (Å²) in [6.07, 6.45) is 0. The van der Waals surface area contributed by atoms with E-state index in [2.05, 4.69) is 10.9 Å². The highest BCUT2D eigenvalue weighted by Crippen LogP contribution is 2.46.